The molecule has 2 N–H and O–H groups in total. The zero-order valence-electron chi connectivity index (χ0n) is 14.2. The van der Waals surface area contributed by atoms with Crippen LogP contribution < -0.4 is 10.6 Å². The number of aromatic nitrogens is 2. The van der Waals surface area contributed by atoms with Crippen LogP contribution in [0.4, 0.5) is 10.3 Å². The van der Waals surface area contributed by atoms with E-state index in [2.05, 4.69) is 20.6 Å². The average molecular weight is 350 g/mol. The van der Waals surface area contributed by atoms with Crippen LogP contribution in [-0.2, 0) is 13.0 Å². The maximum Gasteiger partial charge on any atom is 0.270 e. The number of amides is 1. The fraction of sp³-hybridized carbons (Fsp3) is 0.150. The van der Waals surface area contributed by atoms with Gasteiger partial charge in [0.25, 0.3) is 5.91 Å². The lowest BCUT2D eigenvalue weighted by molar-refractivity contribution is 0.0949. The lowest BCUT2D eigenvalue weighted by Gasteiger charge is -2.08. The Bertz CT molecular complexity index is 853. The number of rotatable bonds is 7. The molecule has 0 saturated heterocycles. The summed E-state index contributed by atoms with van der Waals surface area (Å²) in [7, 11) is 0. The highest BCUT2D eigenvalue weighted by molar-refractivity contribution is 5.92. The van der Waals surface area contributed by atoms with Crippen LogP contribution in [0, 0.1) is 5.82 Å². The fourth-order valence-corrected chi connectivity index (χ4v) is 2.41. The van der Waals surface area contributed by atoms with Gasteiger partial charge in [0.15, 0.2) is 0 Å². The van der Waals surface area contributed by atoms with Crippen LogP contribution in [0.15, 0.2) is 66.9 Å². The molecule has 0 spiro atoms. The van der Waals surface area contributed by atoms with Crippen LogP contribution in [0.5, 0.6) is 0 Å². The lowest BCUT2D eigenvalue weighted by atomic mass is 10.1. The number of nitrogens with zero attached hydrogens (tertiary/aromatic N) is 2. The second-order valence-corrected chi connectivity index (χ2v) is 5.74. The largest absolute Gasteiger partial charge is 0.350 e. The van der Waals surface area contributed by atoms with Gasteiger partial charge in [-0.25, -0.2) is 14.4 Å². The highest BCUT2D eigenvalue weighted by atomic mass is 19.1. The molecule has 0 aliphatic heterocycles. The third-order valence-electron chi connectivity index (χ3n) is 3.79. The quantitative estimate of drug-likeness (QED) is 0.687. The summed E-state index contributed by atoms with van der Waals surface area (Å²) in [6.07, 6.45) is 2.29. The Hall–Kier alpha value is -3.28. The third kappa shape index (κ3) is 5.11. The molecule has 0 fully saturated rings. The maximum absolute atomic E-state index is 12.9. The van der Waals surface area contributed by atoms with E-state index in [9.17, 15) is 9.18 Å². The molecular formula is C20H19FN4O. The molecule has 3 rings (SSSR count). The minimum atomic E-state index is -0.279. The van der Waals surface area contributed by atoms with E-state index in [1.165, 1.54) is 18.3 Å². The van der Waals surface area contributed by atoms with E-state index in [1.807, 2.05) is 30.3 Å². The Morgan fingerprint density at radius 1 is 0.962 bits per heavy atom. The van der Waals surface area contributed by atoms with E-state index in [-0.39, 0.29) is 11.7 Å². The van der Waals surface area contributed by atoms with Gasteiger partial charge in [-0.15, -0.1) is 0 Å². The molecule has 1 aromatic heterocycles. The third-order valence-corrected chi connectivity index (χ3v) is 3.79. The summed E-state index contributed by atoms with van der Waals surface area (Å²) in [4.78, 5) is 20.6. The molecule has 0 bridgehead atoms. The second-order valence-electron chi connectivity index (χ2n) is 5.74. The zero-order valence-corrected chi connectivity index (χ0v) is 14.2. The highest BCUT2D eigenvalue weighted by Crippen LogP contribution is 2.06. The standard InChI is InChI=1S/C20H19FN4O/c21-17-8-6-16(7-9-17)14-24-20-23-13-11-18(25-20)19(26)22-12-10-15-4-2-1-3-5-15/h1-9,11,13H,10,12,14H2,(H,22,26)(H,23,24,25). The van der Waals surface area contributed by atoms with Crippen LogP contribution in [0.3, 0.4) is 0 Å². The topological polar surface area (TPSA) is 66.9 Å². The smallest absolute Gasteiger partial charge is 0.270 e. The Kier molecular flexibility index (Phi) is 5.88. The predicted octanol–water partition coefficient (Wildman–Crippen LogP) is 3.20. The van der Waals surface area contributed by atoms with Gasteiger partial charge in [0.1, 0.15) is 11.5 Å². The van der Waals surface area contributed by atoms with E-state index < -0.39 is 0 Å². The first-order valence-corrected chi connectivity index (χ1v) is 8.34. The fourth-order valence-electron chi connectivity index (χ4n) is 2.41. The summed E-state index contributed by atoms with van der Waals surface area (Å²) in [6, 6.07) is 17.7. The molecule has 3 aromatic rings. The van der Waals surface area contributed by atoms with Crippen molar-refractivity contribution in [3.63, 3.8) is 0 Å². The van der Waals surface area contributed by atoms with Crippen molar-refractivity contribution < 1.29 is 9.18 Å². The minimum absolute atomic E-state index is 0.242. The molecule has 132 valence electrons. The number of carbonyl (C=O) groups excluding carboxylic acids is 1. The van der Waals surface area contributed by atoms with Crippen LogP contribution in [0.1, 0.15) is 21.6 Å². The van der Waals surface area contributed by atoms with Gasteiger partial charge in [-0.05, 0) is 35.7 Å². The Balaban J connectivity index is 1.52. The van der Waals surface area contributed by atoms with Gasteiger partial charge in [-0.1, -0.05) is 42.5 Å². The number of anilines is 1. The number of carbonyl (C=O) groups is 1. The number of nitrogens with one attached hydrogen (secondary N) is 2. The van der Waals surface area contributed by atoms with E-state index in [4.69, 9.17) is 0 Å². The van der Waals surface area contributed by atoms with Crippen molar-refractivity contribution in [3.8, 4) is 0 Å². The maximum atomic E-state index is 12.9. The van der Waals surface area contributed by atoms with E-state index in [0.29, 0.717) is 24.7 Å². The lowest BCUT2D eigenvalue weighted by Crippen LogP contribution is -2.26. The first kappa shape index (κ1) is 17.5. The first-order valence-electron chi connectivity index (χ1n) is 8.34. The normalized spacial score (nSPS) is 10.3. The van der Waals surface area contributed by atoms with Gasteiger partial charge in [-0.2, -0.15) is 0 Å². The summed E-state index contributed by atoms with van der Waals surface area (Å²) in [6.45, 7) is 0.977. The summed E-state index contributed by atoms with van der Waals surface area (Å²) in [5.41, 5.74) is 2.36. The number of halogens is 1. The second kappa shape index (κ2) is 8.71. The van der Waals surface area contributed by atoms with Crippen molar-refractivity contribution in [2.24, 2.45) is 0 Å². The van der Waals surface area contributed by atoms with Crippen molar-refractivity contribution in [3.05, 3.63) is 89.5 Å². The van der Waals surface area contributed by atoms with E-state index >= 15 is 0 Å². The van der Waals surface area contributed by atoms with Crippen LogP contribution >= 0.6 is 0 Å². The zero-order chi connectivity index (χ0) is 18.2. The van der Waals surface area contributed by atoms with Gasteiger partial charge in [0.2, 0.25) is 5.95 Å². The summed E-state index contributed by atoms with van der Waals surface area (Å²) in [5.74, 6) is -0.169. The number of hydrogen-bond donors (Lipinski definition) is 2. The molecule has 0 atom stereocenters. The van der Waals surface area contributed by atoms with E-state index in [1.54, 1.807) is 18.2 Å². The molecular weight excluding hydrogens is 331 g/mol. The molecule has 0 saturated carbocycles. The van der Waals surface area contributed by atoms with Crippen molar-refractivity contribution >= 4 is 11.9 Å². The molecule has 6 heteroatoms. The molecule has 5 nitrogen and oxygen atoms in total. The summed E-state index contributed by atoms with van der Waals surface area (Å²) >= 11 is 0. The molecule has 26 heavy (non-hydrogen) atoms. The predicted molar refractivity (Wildman–Crippen MR) is 98.2 cm³/mol. The summed E-state index contributed by atoms with van der Waals surface area (Å²) in [5, 5.41) is 5.89. The Morgan fingerprint density at radius 2 is 1.73 bits per heavy atom. The van der Waals surface area contributed by atoms with E-state index in [0.717, 1.165) is 17.5 Å². The van der Waals surface area contributed by atoms with Gasteiger partial charge in [-0.3, -0.25) is 4.79 Å². The average Bonchev–Trinajstić information content (AvgIpc) is 2.68. The molecule has 1 amide bonds. The Labute approximate surface area is 151 Å². The number of benzene rings is 2. The summed E-state index contributed by atoms with van der Waals surface area (Å²) < 4.78 is 12.9. The van der Waals surface area contributed by atoms with Gasteiger partial charge >= 0.3 is 0 Å². The molecule has 0 aliphatic rings. The molecule has 1 heterocycles. The van der Waals surface area contributed by atoms with Crippen molar-refractivity contribution in [1.29, 1.82) is 0 Å². The van der Waals surface area contributed by atoms with Crippen LogP contribution in [0.25, 0.3) is 0 Å². The van der Waals surface area contributed by atoms with Crippen LogP contribution in [0.2, 0.25) is 0 Å². The van der Waals surface area contributed by atoms with Crippen molar-refractivity contribution in [2.45, 2.75) is 13.0 Å². The highest BCUT2D eigenvalue weighted by Gasteiger charge is 2.08. The number of hydrogen-bond acceptors (Lipinski definition) is 4. The minimum Gasteiger partial charge on any atom is -0.350 e. The Morgan fingerprint density at radius 3 is 2.50 bits per heavy atom. The molecule has 0 unspecified atom stereocenters. The first-order chi connectivity index (χ1) is 12.7. The van der Waals surface area contributed by atoms with Gasteiger partial charge in [0.05, 0.1) is 0 Å². The van der Waals surface area contributed by atoms with Crippen LogP contribution in [-0.4, -0.2) is 22.4 Å². The van der Waals surface area contributed by atoms with Crippen molar-refractivity contribution in [1.82, 2.24) is 15.3 Å². The SMILES string of the molecule is O=C(NCCc1ccccc1)c1ccnc(NCc2ccc(F)cc2)n1. The molecule has 0 radical (unpaired) electrons. The van der Waals surface area contributed by atoms with Gasteiger partial charge < -0.3 is 10.6 Å². The van der Waals surface area contributed by atoms with Gasteiger partial charge in [0, 0.05) is 19.3 Å². The molecule has 2 aromatic carbocycles. The van der Waals surface area contributed by atoms with Crippen molar-refractivity contribution in [2.75, 3.05) is 11.9 Å². The monoisotopic (exact) mass is 350 g/mol. The molecule has 0 aliphatic carbocycles.